The molecule has 27 heavy (non-hydrogen) atoms. The number of aromatic nitrogens is 2. The highest BCUT2D eigenvalue weighted by molar-refractivity contribution is 7.19. The van der Waals surface area contributed by atoms with Crippen LogP contribution in [0.25, 0.3) is 21.1 Å². The Bertz CT molecular complexity index is 1060. The zero-order chi connectivity index (χ0) is 18.6. The van der Waals surface area contributed by atoms with Gasteiger partial charge >= 0.3 is 0 Å². The second kappa shape index (κ2) is 7.69. The fraction of sp³-hybridized carbons (Fsp3) is 0.0500. The lowest BCUT2D eigenvalue weighted by molar-refractivity contribution is 0.0962. The lowest BCUT2D eigenvalue weighted by Gasteiger charge is -2.04. The van der Waals surface area contributed by atoms with Gasteiger partial charge in [0.25, 0.3) is 5.91 Å². The van der Waals surface area contributed by atoms with Gasteiger partial charge in [0.1, 0.15) is 5.01 Å². The van der Waals surface area contributed by atoms with Crippen LogP contribution in [0.2, 0.25) is 0 Å². The number of hydrazine groups is 1. The van der Waals surface area contributed by atoms with Crippen molar-refractivity contribution in [2.45, 2.75) is 6.92 Å². The van der Waals surface area contributed by atoms with E-state index >= 15 is 0 Å². The maximum absolute atomic E-state index is 12.1. The predicted octanol–water partition coefficient (Wildman–Crippen LogP) is 5.00. The maximum atomic E-state index is 12.1. The van der Waals surface area contributed by atoms with Crippen molar-refractivity contribution >= 4 is 33.7 Å². The number of rotatable bonds is 5. The Labute approximate surface area is 164 Å². The van der Waals surface area contributed by atoms with Crippen molar-refractivity contribution in [3.63, 3.8) is 0 Å². The smallest absolute Gasteiger partial charge is 0.269 e. The van der Waals surface area contributed by atoms with Crippen LogP contribution < -0.4 is 10.9 Å². The summed E-state index contributed by atoms with van der Waals surface area (Å²) in [5.74, 6) is -0.201. The Balaban J connectivity index is 1.48. The minimum Gasteiger partial charge on any atom is -0.273 e. The normalized spacial score (nSPS) is 10.6. The van der Waals surface area contributed by atoms with E-state index in [9.17, 15) is 4.79 Å². The molecular weight excluding hydrogens is 376 g/mol. The molecular formula is C20H16N4OS2. The van der Waals surface area contributed by atoms with Crippen molar-refractivity contribution in [3.8, 4) is 21.1 Å². The summed E-state index contributed by atoms with van der Waals surface area (Å²) < 4.78 is 0. The Kier molecular flexibility index (Phi) is 4.95. The zero-order valence-electron chi connectivity index (χ0n) is 14.5. The lowest BCUT2D eigenvalue weighted by Crippen LogP contribution is -2.29. The third kappa shape index (κ3) is 3.89. The molecule has 7 heteroatoms. The van der Waals surface area contributed by atoms with Crippen molar-refractivity contribution < 1.29 is 4.79 Å². The second-order valence-electron chi connectivity index (χ2n) is 5.78. The van der Waals surface area contributed by atoms with Crippen LogP contribution in [-0.2, 0) is 0 Å². The molecule has 0 unspecified atom stereocenters. The van der Waals surface area contributed by atoms with Gasteiger partial charge in [-0.15, -0.1) is 22.7 Å². The van der Waals surface area contributed by atoms with Crippen molar-refractivity contribution in [1.29, 1.82) is 0 Å². The molecule has 0 radical (unpaired) electrons. The number of benzene rings is 2. The minimum atomic E-state index is -0.201. The van der Waals surface area contributed by atoms with Gasteiger partial charge in [-0.3, -0.25) is 15.6 Å². The van der Waals surface area contributed by atoms with Crippen molar-refractivity contribution in [1.82, 2.24) is 15.4 Å². The van der Waals surface area contributed by atoms with E-state index < -0.39 is 0 Å². The SMILES string of the molecule is Cc1nc(-c2ccccc2)sc1-c1csc(NNC(=O)c2ccccc2)n1. The van der Waals surface area contributed by atoms with Gasteiger partial charge in [0.15, 0.2) is 0 Å². The summed E-state index contributed by atoms with van der Waals surface area (Å²) in [5.41, 5.74) is 9.05. The van der Waals surface area contributed by atoms with Crippen LogP contribution in [0.5, 0.6) is 0 Å². The summed E-state index contributed by atoms with van der Waals surface area (Å²) in [6, 6.07) is 19.2. The fourth-order valence-electron chi connectivity index (χ4n) is 2.55. The Hall–Kier alpha value is -3.03. The molecule has 0 saturated carbocycles. The topological polar surface area (TPSA) is 66.9 Å². The first-order chi connectivity index (χ1) is 13.2. The molecule has 2 N–H and O–H groups in total. The van der Waals surface area contributed by atoms with Crippen molar-refractivity contribution in [2.75, 3.05) is 5.43 Å². The summed E-state index contributed by atoms with van der Waals surface area (Å²) in [7, 11) is 0. The molecule has 4 rings (SSSR count). The van der Waals surface area contributed by atoms with E-state index in [-0.39, 0.29) is 5.91 Å². The van der Waals surface area contributed by atoms with Crippen LogP contribution in [0.1, 0.15) is 16.1 Å². The van der Waals surface area contributed by atoms with Gasteiger partial charge in [-0.05, 0) is 19.1 Å². The number of hydrogen-bond acceptors (Lipinski definition) is 6. The summed E-state index contributed by atoms with van der Waals surface area (Å²) in [4.78, 5) is 22.4. The third-order valence-electron chi connectivity index (χ3n) is 3.87. The van der Waals surface area contributed by atoms with Gasteiger partial charge in [0, 0.05) is 16.5 Å². The van der Waals surface area contributed by atoms with Crippen molar-refractivity contribution in [2.24, 2.45) is 0 Å². The molecule has 5 nitrogen and oxygen atoms in total. The number of aryl methyl sites for hydroxylation is 1. The van der Waals surface area contributed by atoms with E-state index in [4.69, 9.17) is 0 Å². The first kappa shape index (κ1) is 17.4. The number of nitrogens with zero attached hydrogens (tertiary/aromatic N) is 2. The van der Waals surface area contributed by atoms with Crippen LogP contribution in [0.3, 0.4) is 0 Å². The first-order valence-electron chi connectivity index (χ1n) is 8.31. The Morgan fingerprint density at radius 2 is 1.67 bits per heavy atom. The number of anilines is 1. The second-order valence-corrected chi connectivity index (χ2v) is 7.64. The fourth-order valence-corrected chi connectivity index (χ4v) is 4.31. The molecule has 2 aromatic heterocycles. The summed E-state index contributed by atoms with van der Waals surface area (Å²) >= 11 is 3.06. The van der Waals surface area contributed by atoms with Crippen LogP contribution >= 0.6 is 22.7 Å². The Morgan fingerprint density at radius 3 is 2.41 bits per heavy atom. The molecule has 0 bridgehead atoms. The number of hydrogen-bond donors (Lipinski definition) is 2. The summed E-state index contributed by atoms with van der Waals surface area (Å²) in [6.45, 7) is 1.99. The van der Waals surface area contributed by atoms with Gasteiger partial charge in [-0.2, -0.15) is 0 Å². The number of carbonyl (C=O) groups is 1. The molecule has 0 aliphatic rings. The maximum Gasteiger partial charge on any atom is 0.269 e. The average Bonchev–Trinajstić information content (AvgIpc) is 3.34. The molecule has 0 saturated heterocycles. The molecule has 2 heterocycles. The lowest BCUT2D eigenvalue weighted by atomic mass is 10.2. The highest BCUT2D eigenvalue weighted by Crippen LogP contribution is 2.36. The summed E-state index contributed by atoms with van der Waals surface area (Å²) in [5, 5.41) is 3.57. The molecule has 1 amide bonds. The molecule has 134 valence electrons. The molecule has 0 aliphatic heterocycles. The van der Waals surface area contributed by atoms with E-state index in [2.05, 4.69) is 33.0 Å². The highest BCUT2D eigenvalue weighted by Gasteiger charge is 2.14. The molecule has 2 aromatic carbocycles. The number of thiazole rings is 2. The van der Waals surface area contributed by atoms with Gasteiger partial charge in [0.2, 0.25) is 5.13 Å². The number of amides is 1. The van der Waals surface area contributed by atoms with E-state index in [1.54, 1.807) is 23.5 Å². The predicted molar refractivity (Wildman–Crippen MR) is 111 cm³/mol. The van der Waals surface area contributed by atoms with E-state index in [0.717, 1.165) is 26.8 Å². The molecule has 0 spiro atoms. The highest BCUT2D eigenvalue weighted by atomic mass is 32.1. The van der Waals surface area contributed by atoms with Crippen LogP contribution in [0, 0.1) is 6.92 Å². The van der Waals surface area contributed by atoms with E-state index in [0.29, 0.717) is 10.7 Å². The summed E-state index contributed by atoms with van der Waals surface area (Å²) in [6.07, 6.45) is 0. The zero-order valence-corrected chi connectivity index (χ0v) is 16.1. The van der Waals surface area contributed by atoms with Crippen LogP contribution in [-0.4, -0.2) is 15.9 Å². The van der Waals surface area contributed by atoms with Gasteiger partial charge in [-0.25, -0.2) is 9.97 Å². The molecule has 4 aromatic rings. The molecule has 0 aliphatic carbocycles. The van der Waals surface area contributed by atoms with Crippen molar-refractivity contribution in [3.05, 3.63) is 77.3 Å². The standard InChI is InChI=1S/C20H16N4OS2/c1-13-17(27-19(21-13)15-10-6-3-7-11-15)16-12-26-20(22-16)24-23-18(25)14-8-4-2-5-9-14/h2-12H,1H3,(H,22,24)(H,23,25). The molecule has 0 fully saturated rings. The van der Waals surface area contributed by atoms with Gasteiger partial charge in [-0.1, -0.05) is 48.5 Å². The first-order valence-corrected chi connectivity index (χ1v) is 10.0. The quantitative estimate of drug-likeness (QED) is 0.469. The largest absolute Gasteiger partial charge is 0.273 e. The Morgan fingerprint density at radius 1 is 0.963 bits per heavy atom. The number of nitrogens with one attached hydrogen (secondary N) is 2. The minimum absolute atomic E-state index is 0.201. The number of carbonyl (C=O) groups excluding carboxylic acids is 1. The monoisotopic (exact) mass is 392 g/mol. The van der Waals surface area contributed by atoms with Crippen LogP contribution in [0.4, 0.5) is 5.13 Å². The average molecular weight is 393 g/mol. The van der Waals surface area contributed by atoms with Gasteiger partial charge < -0.3 is 0 Å². The molecule has 0 atom stereocenters. The van der Waals surface area contributed by atoms with Gasteiger partial charge in [0.05, 0.1) is 16.3 Å². The van der Waals surface area contributed by atoms with E-state index in [1.165, 1.54) is 11.3 Å². The third-order valence-corrected chi connectivity index (χ3v) is 5.86. The van der Waals surface area contributed by atoms with E-state index in [1.807, 2.05) is 48.7 Å². The van der Waals surface area contributed by atoms with Crippen LogP contribution in [0.15, 0.2) is 66.0 Å².